The Kier molecular flexibility index (Phi) is 4.14. The normalized spacial score (nSPS) is 20.6. The minimum atomic E-state index is -0.185. The fourth-order valence-corrected chi connectivity index (χ4v) is 5.06. The van der Waals surface area contributed by atoms with E-state index in [9.17, 15) is 14.4 Å². The van der Waals surface area contributed by atoms with Crippen LogP contribution in [0.4, 0.5) is 0 Å². The van der Waals surface area contributed by atoms with Gasteiger partial charge >= 0.3 is 0 Å². The van der Waals surface area contributed by atoms with E-state index < -0.39 is 0 Å². The number of Topliss-reactive ketones (excluding diaryl/α,β-unsaturated/α-hetero) is 1. The highest BCUT2D eigenvalue weighted by Gasteiger charge is 2.41. The van der Waals surface area contributed by atoms with Gasteiger partial charge in [-0.2, -0.15) is 0 Å². The molecule has 0 atom stereocenters. The zero-order chi connectivity index (χ0) is 21.1. The zero-order valence-corrected chi connectivity index (χ0v) is 17.6. The van der Waals surface area contributed by atoms with E-state index in [-0.39, 0.29) is 17.5 Å². The lowest BCUT2D eigenvalue weighted by atomic mass is 9.94. The van der Waals surface area contributed by atoms with Crippen molar-refractivity contribution in [3.8, 4) is 10.6 Å². The summed E-state index contributed by atoms with van der Waals surface area (Å²) in [4.78, 5) is 45.7. The van der Waals surface area contributed by atoms with Crippen molar-refractivity contribution < 1.29 is 18.9 Å². The summed E-state index contributed by atoms with van der Waals surface area (Å²) in [5.41, 5.74) is 1.52. The van der Waals surface area contributed by atoms with Gasteiger partial charge < -0.3 is 19.2 Å². The van der Waals surface area contributed by atoms with Gasteiger partial charge in [0.1, 0.15) is 5.69 Å². The predicted molar refractivity (Wildman–Crippen MR) is 113 cm³/mol. The van der Waals surface area contributed by atoms with E-state index >= 15 is 0 Å². The molecule has 0 N–H and O–H groups in total. The van der Waals surface area contributed by atoms with Crippen molar-refractivity contribution in [2.24, 2.45) is 0 Å². The molecule has 4 aliphatic rings. The summed E-state index contributed by atoms with van der Waals surface area (Å²) >= 11 is 1.35. The van der Waals surface area contributed by atoms with E-state index in [2.05, 4.69) is 5.16 Å². The Labute approximate surface area is 182 Å². The number of aromatic nitrogens is 1. The molecule has 0 spiro atoms. The van der Waals surface area contributed by atoms with E-state index in [0.29, 0.717) is 33.3 Å². The van der Waals surface area contributed by atoms with Gasteiger partial charge in [-0.05, 0) is 25.0 Å². The quantitative estimate of drug-likeness (QED) is 0.524. The molecular weight excluding hydrogens is 416 g/mol. The number of nitrogens with zero attached hydrogens (tertiary/aromatic N) is 4. The van der Waals surface area contributed by atoms with E-state index in [1.807, 2.05) is 20.8 Å². The number of hydrogen-bond donors (Lipinski definition) is 0. The van der Waals surface area contributed by atoms with Gasteiger partial charge in [0, 0.05) is 51.4 Å². The third kappa shape index (κ3) is 3.20. The first kappa shape index (κ1) is 18.6. The number of rotatable bonds is 5. The molecule has 0 aromatic carbocycles. The molecular formula is C22H20N4O4S. The first-order valence-corrected chi connectivity index (χ1v) is 11.3. The number of amides is 1. The molecule has 158 valence electrons. The van der Waals surface area contributed by atoms with E-state index in [1.54, 1.807) is 12.1 Å². The van der Waals surface area contributed by atoms with Crippen LogP contribution in [0.2, 0.25) is 0 Å². The fourth-order valence-electron chi connectivity index (χ4n) is 4.14. The summed E-state index contributed by atoms with van der Waals surface area (Å²) in [6, 6.07) is 5.35. The molecule has 0 unspecified atom stereocenters. The maximum atomic E-state index is 13.2. The van der Waals surface area contributed by atoms with Gasteiger partial charge in [0.05, 0.1) is 26.7 Å². The van der Waals surface area contributed by atoms with Crippen LogP contribution in [0.3, 0.4) is 0 Å². The Balaban J connectivity index is 1.32. The number of ketones is 2. The molecule has 31 heavy (non-hydrogen) atoms. The molecule has 1 amide bonds. The first-order valence-electron chi connectivity index (χ1n) is 10.5. The lowest BCUT2D eigenvalue weighted by Gasteiger charge is -2.19. The molecule has 3 saturated heterocycles. The Morgan fingerprint density at radius 1 is 1.00 bits per heavy atom. The van der Waals surface area contributed by atoms with Crippen LogP contribution in [-0.2, 0) is 9.59 Å². The summed E-state index contributed by atoms with van der Waals surface area (Å²) in [5, 5.41) is 4.14. The average molecular weight is 436 g/mol. The Morgan fingerprint density at radius 2 is 1.74 bits per heavy atom. The second kappa shape index (κ2) is 6.91. The smallest absolute Gasteiger partial charge is 0.263 e. The van der Waals surface area contributed by atoms with Crippen molar-refractivity contribution in [2.45, 2.75) is 12.8 Å². The minimum absolute atomic E-state index is 0.0429. The molecule has 6 rings (SSSR count). The average Bonchev–Trinajstić information content (AvgIpc) is 3.60. The lowest BCUT2D eigenvalue weighted by Crippen LogP contribution is -2.26. The van der Waals surface area contributed by atoms with Crippen LogP contribution in [0.15, 0.2) is 40.2 Å². The highest BCUT2D eigenvalue weighted by Crippen LogP contribution is 2.37. The Morgan fingerprint density at radius 3 is 2.45 bits per heavy atom. The molecule has 2 aromatic heterocycles. The standard InChI is InChI=1S/C22H20N4O4S/c27-15-12-14(24-7-8-24)21(28)19(20(15)25-9-10-25)13-11-16(30-23-13)17-3-4-18(31-17)22(29)26-5-1-2-6-26/h3-4,11-12H,1-2,5-10H2. The second-order valence-electron chi connectivity index (χ2n) is 8.16. The molecule has 9 heteroatoms. The highest BCUT2D eigenvalue weighted by atomic mass is 32.1. The molecule has 3 fully saturated rings. The molecule has 0 bridgehead atoms. The lowest BCUT2D eigenvalue weighted by molar-refractivity contribution is -0.115. The van der Waals surface area contributed by atoms with Crippen LogP contribution in [0.5, 0.6) is 0 Å². The molecule has 0 radical (unpaired) electrons. The van der Waals surface area contributed by atoms with Crippen LogP contribution in [-0.4, -0.2) is 76.6 Å². The monoisotopic (exact) mass is 436 g/mol. The van der Waals surface area contributed by atoms with Gasteiger partial charge in [-0.25, -0.2) is 0 Å². The van der Waals surface area contributed by atoms with Crippen molar-refractivity contribution in [3.05, 3.63) is 46.2 Å². The fraction of sp³-hybridized carbons (Fsp3) is 0.364. The molecule has 1 aliphatic carbocycles. The third-order valence-corrected chi connectivity index (χ3v) is 7.06. The van der Waals surface area contributed by atoms with E-state index in [0.717, 1.165) is 57.0 Å². The maximum absolute atomic E-state index is 13.2. The number of carbonyl (C=O) groups is 3. The maximum Gasteiger partial charge on any atom is 0.263 e. The van der Waals surface area contributed by atoms with Gasteiger partial charge in [0.15, 0.2) is 5.76 Å². The number of carbonyl (C=O) groups excluding carboxylic acids is 3. The number of thiophene rings is 1. The predicted octanol–water partition coefficient (Wildman–Crippen LogP) is 2.02. The molecule has 5 heterocycles. The number of likely N-dealkylation sites (tertiary alicyclic amines) is 1. The van der Waals surface area contributed by atoms with Crippen LogP contribution in [0, 0.1) is 0 Å². The van der Waals surface area contributed by atoms with Crippen molar-refractivity contribution >= 4 is 34.4 Å². The van der Waals surface area contributed by atoms with Crippen molar-refractivity contribution in [1.29, 1.82) is 0 Å². The van der Waals surface area contributed by atoms with Crippen LogP contribution < -0.4 is 0 Å². The highest BCUT2D eigenvalue weighted by molar-refractivity contribution is 7.17. The van der Waals surface area contributed by atoms with Crippen molar-refractivity contribution in [2.75, 3.05) is 39.3 Å². The summed E-state index contributed by atoms with van der Waals surface area (Å²) in [5.74, 6) is 0.186. The van der Waals surface area contributed by atoms with E-state index in [1.165, 1.54) is 17.4 Å². The van der Waals surface area contributed by atoms with Crippen molar-refractivity contribution in [1.82, 2.24) is 19.9 Å². The van der Waals surface area contributed by atoms with Gasteiger partial charge in [0.25, 0.3) is 5.91 Å². The number of allylic oxidation sites excluding steroid dienone is 2. The van der Waals surface area contributed by atoms with E-state index in [4.69, 9.17) is 4.52 Å². The SMILES string of the molecule is O=C1C=C(N2CC2)C(=O)C(c2cc(-c3ccc(C(=O)N4CCCC4)s3)on2)=C1N1CC1. The Bertz CT molecular complexity index is 1180. The molecule has 8 nitrogen and oxygen atoms in total. The Hall–Kier alpha value is -3.20. The summed E-state index contributed by atoms with van der Waals surface area (Å²) in [6.45, 7) is 4.67. The molecule has 3 aliphatic heterocycles. The molecule has 0 saturated carbocycles. The van der Waals surface area contributed by atoms with Gasteiger partial charge in [-0.15, -0.1) is 11.3 Å². The van der Waals surface area contributed by atoms with Gasteiger partial charge in [-0.1, -0.05) is 5.16 Å². The van der Waals surface area contributed by atoms with Crippen molar-refractivity contribution in [3.63, 3.8) is 0 Å². The summed E-state index contributed by atoms with van der Waals surface area (Å²) < 4.78 is 5.55. The zero-order valence-electron chi connectivity index (χ0n) is 16.8. The van der Waals surface area contributed by atoms with Crippen LogP contribution >= 0.6 is 11.3 Å². The topological polar surface area (TPSA) is 86.5 Å². The first-order chi connectivity index (χ1) is 15.1. The van der Waals surface area contributed by atoms with Crippen LogP contribution in [0.1, 0.15) is 28.2 Å². The second-order valence-corrected chi connectivity index (χ2v) is 9.24. The minimum Gasteiger partial charge on any atom is -0.365 e. The van der Waals surface area contributed by atoms with Gasteiger partial charge in [0.2, 0.25) is 11.6 Å². The van der Waals surface area contributed by atoms with Crippen LogP contribution in [0.25, 0.3) is 16.2 Å². The number of hydrogen-bond acceptors (Lipinski definition) is 8. The third-order valence-electron chi connectivity index (χ3n) is 5.97. The summed E-state index contributed by atoms with van der Waals surface area (Å²) in [7, 11) is 0. The summed E-state index contributed by atoms with van der Waals surface area (Å²) in [6.07, 6.45) is 3.54. The molecule has 2 aromatic rings. The van der Waals surface area contributed by atoms with Gasteiger partial charge in [-0.3, -0.25) is 14.4 Å². The largest absolute Gasteiger partial charge is 0.365 e.